The van der Waals surface area contributed by atoms with Crippen LogP contribution in [0.25, 0.3) is 0 Å². The number of rotatable bonds is 6. The number of esters is 2. The molecule has 0 spiro atoms. The van der Waals surface area contributed by atoms with Gasteiger partial charge >= 0.3 is 11.9 Å². The first-order valence-electron chi connectivity index (χ1n) is 9.41. The van der Waals surface area contributed by atoms with Gasteiger partial charge in [0.05, 0.1) is 32.9 Å². The largest absolute Gasteiger partial charge is 0.466 e. The lowest BCUT2D eigenvalue weighted by molar-refractivity contribution is -0.140. The molecule has 9 heteroatoms. The zero-order valence-electron chi connectivity index (χ0n) is 16.6. The molecule has 0 saturated carbocycles. The minimum absolute atomic E-state index is 0.0517. The van der Waals surface area contributed by atoms with Crippen molar-refractivity contribution in [2.75, 3.05) is 57.4 Å². The van der Waals surface area contributed by atoms with Crippen LogP contribution in [0.5, 0.6) is 0 Å². The van der Waals surface area contributed by atoms with Crippen molar-refractivity contribution in [1.82, 2.24) is 4.90 Å². The smallest absolute Gasteiger partial charge is 0.355 e. The lowest BCUT2D eigenvalue weighted by Crippen LogP contribution is -2.38. The summed E-state index contributed by atoms with van der Waals surface area (Å²) >= 11 is 0. The van der Waals surface area contributed by atoms with E-state index in [0.29, 0.717) is 17.9 Å². The van der Waals surface area contributed by atoms with E-state index in [1.807, 2.05) is 0 Å². The summed E-state index contributed by atoms with van der Waals surface area (Å²) in [5.74, 6) is -1.43. The molecule has 2 aliphatic rings. The molecule has 156 valence electrons. The first-order valence-corrected chi connectivity index (χ1v) is 9.41. The minimum atomic E-state index is -0.669. The van der Waals surface area contributed by atoms with Gasteiger partial charge in [-0.1, -0.05) is 6.07 Å². The van der Waals surface area contributed by atoms with E-state index in [-0.39, 0.29) is 30.5 Å². The maximum absolute atomic E-state index is 12.4. The van der Waals surface area contributed by atoms with Gasteiger partial charge in [0.15, 0.2) is 0 Å². The number of hydrogen-bond donors (Lipinski definition) is 1. The van der Waals surface area contributed by atoms with Crippen molar-refractivity contribution < 1.29 is 28.6 Å². The summed E-state index contributed by atoms with van der Waals surface area (Å²) in [6.07, 6.45) is 2.23. The van der Waals surface area contributed by atoms with E-state index < -0.39 is 11.9 Å². The van der Waals surface area contributed by atoms with Crippen LogP contribution in [0.3, 0.4) is 0 Å². The van der Waals surface area contributed by atoms with Gasteiger partial charge in [0, 0.05) is 11.4 Å². The van der Waals surface area contributed by atoms with Crippen LogP contribution in [0.4, 0.5) is 11.4 Å². The average molecular weight is 403 g/mol. The zero-order valence-corrected chi connectivity index (χ0v) is 16.6. The van der Waals surface area contributed by atoms with Crippen LogP contribution in [0.15, 0.2) is 35.5 Å². The second-order valence-corrected chi connectivity index (χ2v) is 6.80. The molecule has 1 amide bonds. The zero-order chi connectivity index (χ0) is 20.8. The third-order valence-corrected chi connectivity index (χ3v) is 4.84. The lowest BCUT2D eigenvalue weighted by atomic mass is 10.1. The Kier molecular flexibility index (Phi) is 6.84. The van der Waals surface area contributed by atoms with E-state index in [1.54, 1.807) is 24.3 Å². The Hall–Kier alpha value is -2.91. The second kappa shape index (κ2) is 9.53. The average Bonchev–Trinajstić information content (AvgIpc) is 3.25. The molecule has 2 aliphatic heterocycles. The topological polar surface area (TPSA) is 97.4 Å². The number of nitrogens with zero attached hydrogens (tertiary/aromatic N) is 2. The highest BCUT2D eigenvalue weighted by Crippen LogP contribution is 2.28. The van der Waals surface area contributed by atoms with Gasteiger partial charge in [-0.25, -0.2) is 9.59 Å². The first kappa shape index (κ1) is 20.8. The van der Waals surface area contributed by atoms with E-state index in [1.165, 1.54) is 19.1 Å². The van der Waals surface area contributed by atoms with Gasteiger partial charge in [0.25, 0.3) is 0 Å². The number of ether oxygens (including phenoxy) is 3. The highest BCUT2D eigenvalue weighted by atomic mass is 16.5. The molecule has 1 saturated heterocycles. The number of hydrogen-bond acceptors (Lipinski definition) is 8. The summed E-state index contributed by atoms with van der Waals surface area (Å²) in [4.78, 5) is 40.4. The summed E-state index contributed by atoms with van der Waals surface area (Å²) in [6, 6.07) is 6.98. The molecule has 0 aromatic heterocycles. The summed E-state index contributed by atoms with van der Waals surface area (Å²) < 4.78 is 15.1. The molecular weight excluding hydrogens is 378 g/mol. The number of likely N-dealkylation sites (tertiary alicyclic amines) is 1. The third-order valence-electron chi connectivity index (χ3n) is 4.84. The molecule has 0 aliphatic carbocycles. The maximum Gasteiger partial charge on any atom is 0.355 e. The second-order valence-electron chi connectivity index (χ2n) is 6.80. The van der Waals surface area contributed by atoms with E-state index in [0.717, 1.165) is 25.9 Å². The van der Waals surface area contributed by atoms with Crippen LogP contribution < -0.4 is 10.2 Å². The Morgan fingerprint density at radius 1 is 1.10 bits per heavy atom. The summed E-state index contributed by atoms with van der Waals surface area (Å²) in [6.45, 7) is 2.21. The van der Waals surface area contributed by atoms with Crippen molar-refractivity contribution in [3.8, 4) is 0 Å². The quantitative estimate of drug-likeness (QED) is 0.706. The van der Waals surface area contributed by atoms with E-state index in [9.17, 15) is 14.4 Å². The van der Waals surface area contributed by atoms with Gasteiger partial charge in [-0.05, 0) is 44.1 Å². The molecule has 1 aromatic carbocycles. The van der Waals surface area contributed by atoms with E-state index >= 15 is 0 Å². The van der Waals surface area contributed by atoms with Gasteiger partial charge in [-0.15, -0.1) is 0 Å². The molecule has 1 N–H and O–H groups in total. The summed E-state index contributed by atoms with van der Waals surface area (Å²) in [5.41, 5.74) is 1.30. The van der Waals surface area contributed by atoms with Crippen molar-refractivity contribution in [1.29, 1.82) is 0 Å². The molecule has 1 fully saturated rings. The number of amides is 1. The number of anilines is 2. The van der Waals surface area contributed by atoms with Gasteiger partial charge in [-0.2, -0.15) is 0 Å². The fraction of sp³-hybridized carbons (Fsp3) is 0.450. The molecular formula is C20H25N3O6. The van der Waals surface area contributed by atoms with Crippen LogP contribution in [0.1, 0.15) is 12.8 Å². The summed E-state index contributed by atoms with van der Waals surface area (Å²) in [7, 11) is 2.48. The molecule has 0 unspecified atom stereocenters. The molecule has 3 rings (SSSR count). The van der Waals surface area contributed by atoms with Crippen LogP contribution in [-0.4, -0.2) is 69.9 Å². The van der Waals surface area contributed by atoms with E-state index in [4.69, 9.17) is 14.2 Å². The van der Waals surface area contributed by atoms with Gasteiger partial charge in [0.2, 0.25) is 5.91 Å². The molecule has 0 bridgehead atoms. The van der Waals surface area contributed by atoms with Crippen LogP contribution in [0.2, 0.25) is 0 Å². The Bertz CT molecular complexity index is 816. The molecule has 0 atom stereocenters. The monoisotopic (exact) mass is 403 g/mol. The Balaban J connectivity index is 1.83. The first-order chi connectivity index (χ1) is 14.0. The number of nitrogens with one attached hydrogen (secondary N) is 1. The lowest BCUT2D eigenvalue weighted by Gasteiger charge is -2.31. The number of carbonyl (C=O) groups excluding carboxylic acids is 3. The number of carbonyl (C=O) groups is 3. The molecule has 2 heterocycles. The van der Waals surface area contributed by atoms with Crippen molar-refractivity contribution in [2.24, 2.45) is 0 Å². The third kappa shape index (κ3) is 4.93. The highest BCUT2D eigenvalue weighted by molar-refractivity contribution is 6.03. The Morgan fingerprint density at radius 2 is 1.83 bits per heavy atom. The molecule has 1 aromatic rings. The predicted molar refractivity (Wildman–Crippen MR) is 105 cm³/mol. The minimum Gasteiger partial charge on any atom is -0.466 e. The van der Waals surface area contributed by atoms with Crippen molar-refractivity contribution in [3.63, 3.8) is 0 Å². The maximum atomic E-state index is 12.4. The molecule has 9 nitrogen and oxygen atoms in total. The van der Waals surface area contributed by atoms with Crippen LogP contribution >= 0.6 is 0 Å². The number of benzene rings is 1. The van der Waals surface area contributed by atoms with Crippen molar-refractivity contribution in [3.05, 3.63) is 35.5 Å². The predicted octanol–water partition coefficient (Wildman–Crippen LogP) is 1.12. The van der Waals surface area contributed by atoms with Gasteiger partial charge in [-0.3, -0.25) is 9.69 Å². The standard InChI is InChI=1S/C20H25N3O6/c1-27-19(25)16-12-29-13-23(18(16)20(26)28-2)15-7-5-6-14(10-15)21-17(24)11-22-8-3-4-9-22/h5-7,10H,3-4,8-9,11-13H2,1-2H3,(H,21,24). The molecule has 0 radical (unpaired) electrons. The Labute approximate surface area is 169 Å². The normalized spacial score (nSPS) is 17.2. The van der Waals surface area contributed by atoms with Crippen molar-refractivity contribution in [2.45, 2.75) is 12.8 Å². The Morgan fingerprint density at radius 3 is 2.52 bits per heavy atom. The molecule has 29 heavy (non-hydrogen) atoms. The van der Waals surface area contributed by atoms with Gasteiger partial charge < -0.3 is 24.4 Å². The van der Waals surface area contributed by atoms with Crippen LogP contribution in [-0.2, 0) is 28.6 Å². The summed E-state index contributed by atoms with van der Waals surface area (Å²) in [5, 5.41) is 2.88. The number of methoxy groups -OCH3 is 2. The van der Waals surface area contributed by atoms with E-state index in [2.05, 4.69) is 10.2 Å². The fourth-order valence-corrected chi connectivity index (χ4v) is 3.44. The van der Waals surface area contributed by atoms with Crippen molar-refractivity contribution >= 4 is 29.2 Å². The fourth-order valence-electron chi connectivity index (χ4n) is 3.44. The van der Waals surface area contributed by atoms with Gasteiger partial charge in [0.1, 0.15) is 12.4 Å². The highest BCUT2D eigenvalue weighted by Gasteiger charge is 2.32. The van der Waals surface area contributed by atoms with Crippen LogP contribution in [0, 0.1) is 0 Å². The SMILES string of the molecule is COC(=O)C1=C(C(=O)OC)N(c2cccc(NC(=O)CN3CCCC3)c2)COC1.